The number of hydrogen-bond acceptors (Lipinski definition) is 4. The van der Waals surface area contributed by atoms with E-state index in [0.717, 1.165) is 0 Å². The van der Waals surface area contributed by atoms with Crippen molar-refractivity contribution >= 4 is 11.8 Å². The quantitative estimate of drug-likeness (QED) is 0.357. The smallest absolute Gasteiger partial charge is 0.256 e. The van der Waals surface area contributed by atoms with E-state index >= 15 is 0 Å². The number of aromatic nitrogens is 2. The van der Waals surface area contributed by atoms with Gasteiger partial charge in [0.05, 0.1) is 0 Å². The molecule has 1 aromatic rings. The Morgan fingerprint density at radius 3 is 2.25 bits per heavy atom. The number of nitrogens with two attached hydrogens (primary N) is 2. The van der Waals surface area contributed by atoms with Crippen LogP contribution >= 0.6 is 0 Å². The van der Waals surface area contributed by atoms with E-state index in [-0.39, 0.29) is 17.6 Å². The van der Waals surface area contributed by atoms with Gasteiger partial charge in [-0.3, -0.25) is 0 Å². The normalized spacial score (nSPS) is 9.50. The lowest BCUT2D eigenvalue weighted by Crippen LogP contribution is -1.87. The first-order valence-corrected chi connectivity index (χ1v) is 2.00. The molecule has 5 heteroatoms. The zero-order valence-electron chi connectivity index (χ0n) is 4.05. The van der Waals surface area contributed by atoms with Crippen LogP contribution in [0.3, 0.4) is 0 Å². The summed E-state index contributed by atoms with van der Waals surface area (Å²) in [5.74, 6) is -0.0231. The third-order valence-corrected chi connectivity index (χ3v) is 0.730. The molecule has 0 atom stereocenters. The number of nitrogen functional groups attached to an aromatic ring is 2. The van der Waals surface area contributed by atoms with Gasteiger partial charge in [0.25, 0.3) is 5.88 Å². The van der Waals surface area contributed by atoms with E-state index in [1.165, 1.54) is 0 Å². The molecule has 0 aromatic carbocycles. The Morgan fingerprint density at radius 2 is 2.12 bits per heavy atom. The van der Waals surface area contributed by atoms with Crippen LogP contribution in [0.1, 0.15) is 0 Å². The lowest BCUT2D eigenvalue weighted by molar-refractivity contribution is 0.460. The minimum Gasteiger partial charge on any atom is -0.491 e. The van der Waals surface area contributed by atoms with Gasteiger partial charge in [-0.25, -0.2) is 0 Å². The average Bonchev–Trinajstić information content (AvgIpc) is 1.85. The van der Waals surface area contributed by atoms with E-state index in [9.17, 15) is 0 Å². The summed E-state index contributed by atoms with van der Waals surface area (Å²) in [6, 6.07) is 0. The van der Waals surface area contributed by atoms with E-state index in [0.29, 0.717) is 0 Å². The minimum atomic E-state index is -0.248. The molecule has 5 nitrogen and oxygen atoms in total. The molecule has 44 valence electrons. The van der Waals surface area contributed by atoms with Crippen molar-refractivity contribution in [3.05, 3.63) is 0 Å². The number of H-pyrrole nitrogens is 1. The molecule has 0 saturated heterocycles. The summed E-state index contributed by atoms with van der Waals surface area (Å²) in [7, 11) is 0. The largest absolute Gasteiger partial charge is 0.491 e. The fourth-order valence-corrected chi connectivity index (χ4v) is 0.396. The zero-order chi connectivity index (χ0) is 6.15. The van der Waals surface area contributed by atoms with Crippen LogP contribution in [0, 0.1) is 0 Å². The third-order valence-electron chi connectivity index (χ3n) is 0.730. The van der Waals surface area contributed by atoms with E-state index in [4.69, 9.17) is 16.6 Å². The maximum Gasteiger partial charge on any atom is 0.256 e. The van der Waals surface area contributed by atoms with Gasteiger partial charge in [-0.15, -0.1) is 0 Å². The van der Waals surface area contributed by atoms with E-state index < -0.39 is 0 Å². The predicted molar refractivity (Wildman–Crippen MR) is 29.1 cm³/mol. The molecule has 0 fully saturated rings. The fraction of sp³-hybridized carbons (Fsp3) is 0. The number of rotatable bonds is 0. The van der Waals surface area contributed by atoms with Gasteiger partial charge in [-0.1, -0.05) is 0 Å². The van der Waals surface area contributed by atoms with Crippen molar-refractivity contribution in [2.24, 2.45) is 0 Å². The van der Waals surface area contributed by atoms with Gasteiger partial charge in [0, 0.05) is 0 Å². The van der Waals surface area contributed by atoms with Crippen LogP contribution in [0.5, 0.6) is 5.88 Å². The summed E-state index contributed by atoms with van der Waals surface area (Å²) in [6.07, 6.45) is 0. The summed E-state index contributed by atoms with van der Waals surface area (Å²) >= 11 is 0. The van der Waals surface area contributed by atoms with Gasteiger partial charge in [0.15, 0.2) is 5.82 Å². The topological polar surface area (TPSA) is 101 Å². The Hall–Kier alpha value is -1.39. The van der Waals surface area contributed by atoms with E-state index in [1.807, 2.05) is 0 Å². The summed E-state index contributed by atoms with van der Waals surface area (Å²) in [4.78, 5) is 5.77. The second-order valence-corrected chi connectivity index (χ2v) is 1.36. The van der Waals surface area contributed by atoms with Crippen LogP contribution in [0.2, 0.25) is 0 Å². The van der Waals surface area contributed by atoms with Crippen molar-refractivity contribution in [1.29, 1.82) is 0 Å². The van der Waals surface area contributed by atoms with Crippen molar-refractivity contribution in [2.45, 2.75) is 0 Å². The number of anilines is 2. The van der Waals surface area contributed by atoms with Crippen molar-refractivity contribution in [3.8, 4) is 5.88 Å². The van der Waals surface area contributed by atoms with E-state index in [2.05, 4.69) is 9.97 Å². The Balaban J connectivity index is 3.14. The minimum absolute atomic E-state index is 0.0995. The van der Waals surface area contributed by atoms with Crippen LogP contribution in [0.25, 0.3) is 0 Å². The summed E-state index contributed by atoms with van der Waals surface area (Å²) < 4.78 is 0. The Morgan fingerprint density at radius 1 is 1.50 bits per heavy atom. The van der Waals surface area contributed by atoms with Crippen LogP contribution in [-0.2, 0) is 0 Å². The van der Waals surface area contributed by atoms with Gasteiger partial charge in [0.2, 0.25) is 5.95 Å². The monoisotopic (exact) mass is 114 g/mol. The number of nitrogens with zero attached hydrogens (tertiary/aromatic N) is 1. The lowest BCUT2D eigenvalue weighted by atomic mass is 10.7. The molecule has 0 aliphatic heterocycles. The number of imidazole rings is 1. The van der Waals surface area contributed by atoms with Crippen molar-refractivity contribution in [2.75, 3.05) is 11.5 Å². The second-order valence-electron chi connectivity index (χ2n) is 1.36. The Kier molecular flexibility index (Phi) is 0.768. The SMILES string of the molecule is Nc1nc(O)c(N)[nH]1. The van der Waals surface area contributed by atoms with Crippen LogP contribution in [0.15, 0.2) is 0 Å². The molecule has 1 rings (SSSR count). The lowest BCUT2D eigenvalue weighted by Gasteiger charge is -1.79. The summed E-state index contributed by atoms with van der Waals surface area (Å²) in [6.45, 7) is 0. The molecule has 6 N–H and O–H groups in total. The molecular weight excluding hydrogens is 108 g/mol. The van der Waals surface area contributed by atoms with Crippen molar-refractivity contribution < 1.29 is 5.11 Å². The first kappa shape index (κ1) is 4.76. The number of nitrogens with one attached hydrogen (secondary N) is 1. The number of aromatic hydroxyl groups is 1. The molecule has 0 aliphatic carbocycles. The molecule has 1 heterocycles. The summed E-state index contributed by atoms with van der Waals surface area (Å²) in [5.41, 5.74) is 10.2. The highest BCUT2D eigenvalue weighted by Gasteiger charge is 1.99. The molecule has 8 heavy (non-hydrogen) atoms. The molecule has 0 unspecified atom stereocenters. The highest BCUT2D eigenvalue weighted by Crippen LogP contribution is 2.14. The maximum absolute atomic E-state index is 8.59. The van der Waals surface area contributed by atoms with Crippen molar-refractivity contribution in [1.82, 2.24) is 9.97 Å². The third kappa shape index (κ3) is 0.534. The standard InChI is InChI=1S/C3H6N4O/c4-1-2(8)7-3(5)6-1/h8H,4H2,(H3,5,6,7). The van der Waals surface area contributed by atoms with Gasteiger partial charge in [-0.2, -0.15) is 4.98 Å². The van der Waals surface area contributed by atoms with Crippen LogP contribution in [-0.4, -0.2) is 15.1 Å². The van der Waals surface area contributed by atoms with Gasteiger partial charge in [0.1, 0.15) is 0 Å². The second kappa shape index (κ2) is 1.29. The first-order chi connectivity index (χ1) is 3.70. The number of hydrogen-bond donors (Lipinski definition) is 4. The van der Waals surface area contributed by atoms with Gasteiger partial charge in [-0.05, 0) is 0 Å². The maximum atomic E-state index is 8.59. The highest BCUT2D eigenvalue weighted by molar-refractivity contribution is 5.45. The zero-order valence-corrected chi connectivity index (χ0v) is 4.05. The molecule has 0 radical (unpaired) electrons. The molecule has 0 saturated carbocycles. The van der Waals surface area contributed by atoms with Crippen LogP contribution < -0.4 is 11.5 Å². The molecule has 0 bridgehead atoms. The average molecular weight is 114 g/mol. The fourth-order valence-electron chi connectivity index (χ4n) is 0.396. The van der Waals surface area contributed by atoms with Crippen LogP contribution in [0.4, 0.5) is 11.8 Å². The Bertz CT molecular complexity index is 174. The van der Waals surface area contributed by atoms with Gasteiger partial charge >= 0.3 is 0 Å². The highest BCUT2D eigenvalue weighted by atomic mass is 16.3. The van der Waals surface area contributed by atoms with Crippen molar-refractivity contribution in [3.63, 3.8) is 0 Å². The molecular formula is C3H6N4O. The van der Waals surface area contributed by atoms with E-state index in [1.54, 1.807) is 0 Å². The molecule has 0 amide bonds. The van der Waals surface area contributed by atoms with Gasteiger partial charge < -0.3 is 21.6 Å². The molecule has 0 spiro atoms. The molecule has 1 aromatic heterocycles. The number of aromatic amines is 1. The summed E-state index contributed by atoms with van der Waals surface area (Å²) in [5, 5.41) is 8.59. The predicted octanol–water partition coefficient (Wildman–Crippen LogP) is -0.720. The first-order valence-electron chi connectivity index (χ1n) is 2.00. The Labute approximate surface area is 45.3 Å². The molecule has 0 aliphatic rings.